The van der Waals surface area contributed by atoms with Gasteiger partial charge in [0, 0.05) is 0 Å². The van der Waals surface area contributed by atoms with Gasteiger partial charge in [-0.05, 0) is 106 Å². The number of benzene rings is 2. The number of aryl methyl sites for hydroxylation is 5. The number of rotatable bonds is 7. The van der Waals surface area contributed by atoms with Crippen molar-refractivity contribution in [1.29, 1.82) is 0 Å². The first-order valence-electron chi connectivity index (χ1n) is 11.3. The third kappa shape index (κ3) is 6.75. The van der Waals surface area contributed by atoms with Crippen LogP contribution in [0.2, 0.25) is 0 Å². The van der Waals surface area contributed by atoms with Crippen LogP contribution in [0.15, 0.2) is 36.4 Å². The molecule has 4 rings (SSSR count). The summed E-state index contributed by atoms with van der Waals surface area (Å²) in [5, 5.41) is 13.4. The van der Waals surface area contributed by atoms with Gasteiger partial charge in [0.2, 0.25) is 0 Å². The van der Waals surface area contributed by atoms with Crippen molar-refractivity contribution in [1.82, 2.24) is 10.3 Å². The molecule has 0 spiro atoms. The zero-order valence-corrected chi connectivity index (χ0v) is 20.6. The van der Waals surface area contributed by atoms with E-state index in [0.29, 0.717) is 0 Å². The van der Waals surface area contributed by atoms with E-state index in [9.17, 15) is 4.79 Å². The van der Waals surface area contributed by atoms with Crippen LogP contribution in [-0.2, 0) is 6.42 Å². The number of hydrogen-bond acceptors (Lipinski definition) is 4. The normalized spacial score (nSPS) is 12.9. The number of nitrogens with zero attached hydrogens (tertiary/aromatic N) is 1. The van der Waals surface area contributed by atoms with Gasteiger partial charge in [-0.15, -0.1) is 11.3 Å². The summed E-state index contributed by atoms with van der Waals surface area (Å²) in [6, 6.07) is 12.8. The zero-order valence-electron chi connectivity index (χ0n) is 19.8. The van der Waals surface area contributed by atoms with E-state index in [0.717, 1.165) is 39.9 Å². The first kappa shape index (κ1) is 24.1. The Labute approximate surface area is 195 Å². The molecule has 1 aromatic heterocycles. The summed E-state index contributed by atoms with van der Waals surface area (Å²) in [6.45, 7) is 12.6. The van der Waals surface area contributed by atoms with Crippen molar-refractivity contribution in [3.05, 3.63) is 74.9 Å². The highest BCUT2D eigenvalue weighted by molar-refractivity contribution is 7.15. The van der Waals surface area contributed by atoms with Crippen molar-refractivity contribution >= 4 is 17.3 Å². The van der Waals surface area contributed by atoms with Gasteiger partial charge in [0.05, 0.1) is 9.88 Å². The monoisotopic (exact) mass is 450 g/mol. The first-order valence-corrected chi connectivity index (χ1v) is 12.1. The van der Waals surface area contributed by atoms with Crippen LogP contribution in [0, 0.1) is 40.5 Å². The van der Waals surface area contributed by atoms with Crippen molar-refractivity contribution in [3.8, 4) is 10.4 Å². The Balaban J connectivity index is 0.000000182. The van der Waals surface area contributed by atoms with E-state index < -0.39 is 5.97 Å². The highest BCUT2D eigenvalue weighted by Crippen LogP contribution is 2.31. The minimum Gasteiger partial charge on any atom is -0.476 e. The molecule has 0 aliphatic heterocycles. The molecule has 32 heavy (non-hydrogen) atoms. The van der Waals surface area contributed by atoms with Crippen LogP contribution in [0.4, 0.5) is 0 Å². The number of carboxylic acids is 1. The van der Waals surface area contributed by atoms with Gasteiger partial charge in [0.25, 0.3) is 0 Å². The molecule has 0 bridgehead atoms. The summed E-state index contributed by atoms with van der Waals surface area (Å²) < 4.78 is 0. The molecule has 0 amide bonds. The molecule has 0 radical (unpaired) electrons. The van der Waals surface area contributed by atoms with Crippen LogP contribution >= 0.6 is 11.3 Å². The van der Waals surface area contributed by atoms with Gasteiger partial charge in [0.15, 0.2) is 5.69 Å². The van der Waals surface area contributed by atoms with Crippen molar-refractivity contribution in [2.75, 3.05) is 13.1 Å². The van der Waals surface area contributed by atoms with Crippen LogP contribution < -0.4 is 5.32 Å². The molecule has 1 saturated carbocycles. The molecule has 0 atom stereocenters. The van der Waals surface area contributed by atoms with E-state index in [1.807, 2.05) is 39.0 Å². The lowest BCUT2D eigenvalue weighted by atomic mass is 10.0. The van der Waals surface area contributed by atoms with E-state index in [1.165, 1.54) is 53.0 Å². The molecule has 2 aromatic carbocycles. The summed E-state index contributed by atoms with van der Waals surface area (Å²) in [6.07, 6.45) is 4.04. The van der Waals surface area contributed by atoms with Crippen LogP contribution in [0.5, 0.6) is 0 Å². The fourth-order valence-electron chi connectivity index (χ4n) is 3.47. The molecule has 1 heterocycles. The number of carboxylic acid groups (broad SMARTS) is 1. The van der Waals surface area contributed by atoms with Gasteiger partial charge in [-0.2, -0.15) is 0 Å². The van der Waals surface area contributed by atoms with Gasteiger partial charge < -0.3 is 10.4 Å². The SMILES string of the molecule is Cc1ccc(CCNCC2CC2)cc1C.Cc1nc(C(=O)O)c(-c2ccc(C)c(C)c2)s1. The Morgan fingerprint density at radius 2 is 1.66 bits per heavy atom. The first-order chi connectivity index (χ1) is 15.2. The van der Waals surface area contributed by atoms with Gasteiger partial charge in [0.1, 0.15) is 0 Å². The molecule has 0 saturated heterocycles. The Morgan fingerprint density at radius 3 is 2.25 bits per heavy atom. The summed E-state index contributed by atoms with van der Waals surface area (Å²) in [5.74, 6) is 0.0207. The van der Waals surface area contributed by atoms with Crippen molar-refractivity contribution in [2.24, 2.45) is 5.92 Å². The van der Waals surface area contributed by atoms with E-state index >= 15 is 0 Å². The number of hydrogen-bond donors (Lipinski definition) is 2. The van der Waals surface area contributed by atoms with Gasteiger partial charge in [-0.25, -0.2) is 9.78 Å². The smallest absolute Gasteiger partial charge is 0.356 e. The predicted octanol–water partition coefficient (Wildman–Crippen LogP) is 6.28. The van der Waals surface area contributed by atoms with E-state index in [4.69, 9.17) is 5.11 Å². The second-order valence-electron chi connectivity index (χ2n) is 8.83. The standard InChI is InChI=1S/C14H21N.C13H13NO2S/c1-11-3-4-13(9-12(11)2)7-8-15-10-14-5-6-14;1-7-4-5-10(6-8(7)2)12-11(13(15)16)14-9(3)17-12/h3-4,9,14-15H,5-8,10H2,1-2H3;4-6H,1-3H3,(H,15,16). The minimum atomic E-state index is -0.970. The number of aromatic nitrogens is 1. The van der Waals surface area contributed by atoms with Crippen molar-refractivity contribution in [3.63, 3.8) is 0 Å². The van der Waals surface area contributed by atoms with E-state index in [2.05, 4.69) is 42.3 Å². The van der Waals surface area contributed by atoms with Gasteiger partial charge in [-0.1, -0.05) is 36.4 Å². The summed E-state index contributed by atoms with van der Waals surface area (Å²) >= 11 is 1.42. The average Bonchev–Trinajstić information content (AvgIpc) is 3.49. The Bertz CT molecular complexity index is 1080. The molecule has 5 heteroatoms. The fourth-order valence-corrected chi connectivity index (χ4v) is 4.38. The highest BCUT2D eigenvalue weighted by atomic mass is 32.1. The molecule has 1 aliphatic rings. The lowest BCUT2D eigenvalue weighted by Gasteiger charge is -2.06. The van der Waals surface area contributed by atoms with E-state index in [-0.39, 0.29) is 5.69 Å². The summed E-state index contributed by atoms with van der Waals surface area (Å²) in [4.78, 5) is 15.9. The molecule has 1 fully saturated rings. The summed E-state index contributed by atoms with van der Waals surface area (Å²) in [5.41, 5.74) is 7.70. The van der Waals surface area contributed by atoms with Crippen LogP contribution in [0.25, 0.3) is 10.4 Å². The second-order valence-corrected chi connectivity index (χ2v) is 10.0. The number of aromatic carboxylic acids is 1. The molecule has 4 nitrogen and oxygen atoms in total. The maximum Gasteiger partial charge on any atom is 0.356 e. The lowest BCUT2D eigenvalue weighted by molar-refractivity contribution is 0.0692. The Hall–Kier alpha value is -2.50. The molecule has 1 aliphatic carbocycles. The largest absolute Gasteiger partial charge is 0.476 e. The fraction of sp³-hybridized carbons (Fsp3) is 0.407. The molecule has 170 valence electrons. The average molecular weight is 451 g/mol. The Kier molecular flexibility index (Phi) is 8.21. The topological polar surface area (TPSA) is 62.2 Å². The zero-order chi connectivity index (χ0) is 23.3. The third-order valence-corrected chi connectivity index (χ3v) is 7.02. The second kappa shape index (κ2) is 10.9. The van der Waals surface area contributed by atoms with Gasteiger partial charge in [-0.3, -0.25) is 0 Å². The third-order valence-electron chi connectivity index (χ3n) is 6.00. The van der Waals surface area contributed by atoms with Crippen molar-refractivity contribution in [2.45, 2.75) is 53.9 Å². The summed E-state index contributed by atoms with van der Waals surface area (Å²) in [7, 11) is 0. The molecular formula is C27H34N2O2S. The van der Waals surface area contributed by atoms with Crippen LogP contribution in [-0.4, -0.2) is 29.1 Å². The Morgan fingerprint density at radius 1 is 1.00 bits per heavy atom. The number of thiazole rings is 1. The van der Waals surface area contributed by atoms with Crippen LogP contribution in [0.1, 0.15) is 56.2 Å². The number of carbonyl (C=O) groups is 1. The van der Waals surface area contributed by atoms with Crippen molar-refractivity contribution < 1.29 is 9.90 Å². The predicted molar refractivity (Wildman–Crippen MR) is 134 cm³/mol. The molecular weight excluding hydrogens is 416 g/mol. The number of nitrogens with one attached hydrogen (secondary N) is 1. The minimum absolute atomic E-state index is 0.149. The lowest BCUT2D eigenvalue weighted by Crippen LogP contribution is -2.19. The maximum absolute atomic E-state index is 11.1. The van der Waals surface area contributed by atoms with Gasteiger partial charge >= 0.3 is 5.97 Å². The molecule has 3 aromatic rings. The maximum atomic E-state index is 11.1. The molecule has 2 N–H and O–H groups in total. The molecule has 0 unspecified atom stereocenters. The van der Waals surface area contributed by atoms with E-state index in [1.54, 1.807) is 0 Å². The quantitative estimate of drug-likeness (QED) is 0.416. The van der Waals surface area contributed by atoms with Crippen LogP contribution in [0.3, 0.4) is 0 Å². The highest BCUT2D eigenvalue weighted by Gasteiger charge is 2.20.